The molecule has 0 aliphatic heterocycles. The molecule has 0 aromatic carbocycles. The summed E-state index contributed by atoms with van der Waals surface area (Å²) in [6.07, 6.45) is 1.85. The predicted molar refractivity (Wildman–Crippen MR) is 61.7 cm³/mol. The summed E-state index contributed by atoms with van der Waals surface area (Å²) in [4.78, 5) is 11.3. The van der Waals surface area contributed by atoms with E-state index in [1.807, 2.05) is 0 Å². The summed E-state index contributed by atoms with van der Waals surface area (Å²) in [7, 11) is 0. The van der Waals surface area contributed by atoms with Gasteiger partial charge in [-0.3, -0.25) is 10.2 Å². The van der Waals surface area contributed by atoms with Gasteiger partial charge in [0.2, 0.25) is 5.91 Å². The van der Waals surface area contributed by atoms with Crippen LogP contribution in [0.2, 0.25) is 0 Å². The van der Waals surface area contributed by atoms with Crippen LogP contribution in [0.15, 0.2) is 0 Å². The van der Waals surface area contributed by atoms with Crippen LogP contribution in [-0.4, -0.2) is 23.5 Å². The zero-order chi connectivity index (χ0) is 11.0. The highest BCUT2D eigenvalue weighted by molar-refractivity contribution is 8.00. The highest BCUT2D eigenvalue weighted by atomic mass is 32.2. The van der Waals surface area contributed by atoms with Gasteiger partial charge in [-0.2, -0.15) is 0 Å². The molecule has 14 heavy (non-hydrogen) atoms. The first-order chi connectivity index (χ1) is 6.65. The minimum atomic E-state index is -0.0823. The SMILES string of the molecule is CCCC(SCC(C)CN)C(=O)NN. The highest BCUT2D eigenvalue weighted by Gasteiger charge is 2.17. The van der Waals surface area contributed by atoms with E-state index >= 15 is 0 Å². The van der Waals surface area contributed by atoms with E-state index in [1.54, 1.807) is 11.8 Å². The fourth-order valence-electron chi connectivity index (χ4n) is 0.994. The van der Waals surface area contributed by atoms with Crippen LogP contribution in [0.25, 0.3) is 0 Å². The minimum Gasteiger partial charge on any atom is -0.330 e. The molecule has 0 saturated heterocycles. The molecule has 5 heteroatoms. The van der Waals surface area contributed by atoms with Crippen LogP contribution in [0, 0.1) is 5.92 Å². The molecule has 0 fully saturated rings. The van der Waals surface area contributed by atoms with Gasteiger partial charge in [-0.1, -0.05) is 20.3 Å². The molecule has 0 spiro atoms. The van der Waals surface area contributed by atoms with Crippen molar-refractivity contribution in [2.24, 2.45) is 17.5 Å². The second-order valence-electron chi connectivity index (χ2n) is 3.46. The fourth-order valence-corrected chi connectivity index (χ4v) is 2.31. The van der Waals surface area contributed by atoms with E-state index in [0.717, 1.165) is 18.6 Å². The molecule has 2 unspecified atom stereocenters. The van der Waals surface area contributed by atoms with Crippen molar-refractivity contribution in [3.63, 3.8) is 0 Å². The lowest BCUT2D eigenvalue weighted by molar-refractivity contribution is -0.120. The summed E-state index contributed by atoms with van der Waals surface area (Å²) in [5, 5.41) is -0.0287. The smallest absolute Gasteiger partial charge is 0.246 e. The quantitative estimate of drug-likeness (QED) is 0.330. The number of carbonyl (C=O) groups excluding carboxylic acids is 1. The number of hydrogen-bond acceptors (Lipinski definition) is 4. The number of nitrogens with two attached hydrogens (primary N) is 2. The zero-order valence-electron chi connectivity index (χ0n) is 8.95. The van der Waals surface area contributed by atoms with Crippen molar-refractivity contribution in [2.45, 2.75) is 31.9 Å². The van der Waals surface area contributed by atoms with Crippen molar-refractivity contribution in [1.29, 1.82) is 0 Å². The third-order valence-corrected chi connectivity index (χ3v) is 3.58. The van der Waals surface area contributed by atoms with E-state index < -0.39 is 0 Å². The van der Waals surface area contributed by atoms with Gasteiger partial charge in [-0.25, -0.2) is 5.84 Å². The Morgan fingerprint density at radius 3 is 2.64 bits per heavy atom. The van der Waals surface area contributed by atoms with Gasteiger partial charge in [-0.15, -0.1) is 11.8 Å². The summed E-state index contributed by atoms with van der Waals surface area (Å²) in [6, 6.07) is 0. The van der Waals surface area contributed by atoms with E-state index in [1.165, 1.54) is 0 Å². The highest BCUT2D eigenvalue weighted by Crippen LogP contribution is 2.19. The third-order valence-electron chi connectivity index (χ3n) is 1.97. The standard InChI is InChI=1S/C9H21N3OS/c1-3-4-8(9(13)12-11)14-6-7(2)5-10/h7-8H,3-6,10-11H2,1-2H3,(H,12,13). The van der Waals surface area contributed by atoms with Gasteiger partial charge >= 0.3 is 0 Å². The molecule has 84 valence electrons. The van der Waals surface area contributed by atoms with Crippen LogP contribution < -0.4 is 17.0 Å². The van der Waals surface area contributed by atoms with Gasteiger partial charge < -0.3 is 5.73 Å². The Balaban J connectivity index is 3.90. The van der Waals surface area contributed by atoms with E-state index in [-0.39, 0.29) is 11.2 Å². The molecule has 1 amide bonds. The summed E-state index contributed by atoms with van der Waals surface area (Å²) in [6.45, 7) is 4.80. The molecular formula is C9H21N3OS. The molecule has 0 rings (SSSR count). The Labute approximate surface area is 90.1 Å². The van der Waals surface area contributed by atoms with Crippen LogP contribution in [0.1, 0.15) is 26.7 Å². The molecule has 2 atom stereocenters. The number of amides is 1. The molecule has 0 aliphatic rings. The molecule has 0 aromatic heterocycles. The molecule has 0 aromatic rings. The summed E-state index contributed by atoms with van der Waals surface area (Å²) < 4.78 is 0. The minimum absolute atomic E-state index is 0.0287. The van der Waals surface area contributed by atoms with Crippen molar-refractivity contribution in [1.82, 2.24) is 5.43 Å². The Morgan fingerprint density at radius 1 is 1.57 bits per heavy atom. The van der Waals surface area contributed by atoms with Crippen LogP contribution in [-0.2, 0) is 4.79 Å². The van der Waals surface area contributed by atoms with Crippen molar-refractivity contribution in [2.75, 3.05) is 12.3 Å². The van der Waals surface area contributed by atoms with Crippen LogP contribution in [0.3, 0.4) is 0 Å². The molecule has 0 saturated carbocycles. The van der Waals surface area contributed by atoms with Crippen molar-refractivity contribution in [3.05, 3.63) is 0 Å². The maximum Gasteiger partial charge on any atom is 0.246 e. The zero-order valence-corrected chi connectivity index (χ0v) is 9.77. The lowest BCUT2D eigenvalue weighted by Gasteiger charge is -2.16. The van der Waals surface area contributed by atoms with Crippen molar-refractivity contribution >= 4 is 17.7 Å². The average Bonchev–Trinajstić information content (AvgIpc) is 2.22. The van der Waals surface area contributed by atoms with Gasteiger partial charge in [0.05, 0.1) is 5.25 Å². The monoisotopic (exact) mass is 219 g/mol. The average molecular weight is 219 g/mol. The number of nitrogens with one attached hydrogen (secondary N) is 1. The molecule has 4 nitrogen and oxygen atoms in total. The van der Waals surface area contributed by atoms with Gasteiger partial charge in [0.15, 0.2) is 0 Å². The normalized spacial score (nSPS) is 14.9. The van der Waals surface area contributed by atoms with Crippen molar-refractivity contribution < 1.29 is 4.79 Å². The predicted octanol–water partition coefficient (Wildman–Crippen LogP) is 0.473. The van der Waals surface area contributed by atoms with Gasteiger partial charge in [-0.05, 0) is 24.6 Å². The van der Waals surface area contributed by atoms with E-state index in [4.69, 9.17) is 11.6 Å². The van der Waals surface area contributed by atoms with E-state index in [0.29, 0.717) is 12.5 Å². The van der Waals surface area contributed by atoms with Crippen molar-refractivity contribution in [3.8, 4) is 0 Å². The maximum atomic E-state index is 11.3. The first kappa shape index (κ1) is 13.7. The van der Waals surface area contributed by atoms with E-state index in [2.05, 4.69) is 19.3 Å². The molecule has 0 heterocycles. The fraction of sp³-hybridized carbons (Fsp3) is 0.889. The first-order valence-corrected chi connectivity index (χ1v) is 6.02. The summed E-state index contributed by atoms with van der Waals surface area (Å²) in [5.74, 6) is 6.38. The Kier molecular flexibility index (Phi) is 7.93. The molecule has 0 aliphatic carbocycles. The van der Waals surface area contributed by atoms with Gasteiger partial charge in [0.1, 0.15) is 0 Å². The second kappa shape index (κ2) is 8.08. The van der Waals surface area contributed by atoms with Crippen LogP contribution in [0.5, 0.6) is 0 Å². The first-order valence-electron chi connectivity index (χ1n) is 4.97. The lowest BCUT2D eigenvalue weighted by atomic mass is 10.2. The number of hydrazine groups is 1. The number of rotatable bonds is 7. The Bertz CT molecular complexity index is 166. The van der Waals surface area contributed by atoms with Crippen LogP contribution >= 0.6 is 11.8 Å². The second-order valence-corrected chi connectivity index (χ2v) is 4.70. The topological polar surface area (TPSA) is 81.1 Å². The van der Waals surface area contributed by atoms with Gasteiger partial charge in [0, 0.05) is 0 Å². The summed E-state index contributed by atoms with van der Waals surface area (Å²) >= 11 is 1.64. The third kappa shape index (κ3) is 5.47. The molecule has 0 radical (unpaired) electrons. The van der Waals surface area contributed by atoms with Gasteiger partial charge in [0.25, 0.3) is 0 Å². The molecule has 0 bridgehead atoms. The Hall–Kier alpha value is -0.260. The largest absolute Gasteiger partial charge is 0.330 e. The molecule has 5 N–H and O–H groups in total. The molecular weight excluding hydrogens is 198 g/mol. The number of carbonyl (C=O) groups is 1. The lowest BCUT2D eigenvalue weighted by Crippen LogP contribution is -2.38. The maximum absolute atomic E-state index is 11.3. The van der Waals surface area contributed by atoms with E-state index in [9.17, 15) is 4.79 Å². The Morgan fingerprint density at radius 2 is 2.21 bits per heavy atom. The number of thioether (sulfide) groups is 1. The van der Waals surface area contributed by atoms with Crippen LogP contribution in [0.4, 0.5) is 0 Å². The summed E-state index contributed by atoms with van der Waals surface area (Å²) in [5.41, 5.74) is 7.70. The number of hydrogen-bond donors (Lipinski definition) is 3.